The van der Waals surface area contributed by atoms with Crippen LogP contribution in [0.4, 0.5) is 5.95 Å². The first-order valence-electron chi connectivity index (χ1n) is 5.23. The minimum absolute atomic E-state index is 0.261. The van der Waals surface area contributed by atoms with E-state index in [0.717, 1.165) is 11.8 Å². The molecule has 98 valence electrons. The fraction of sp³-hybridized carbons (Fsp3) is 0.300. The molecule has 0 amide bonds. The van der Waals surface area contributed by atoms with E-state index < -0.39 is 10.0 Å². The Morgan fingerprint density at radius 1 is 1.50 bits per heavy atom. The topological polar surface area (TPSA) is 90.0 Å². The number of hydrogen-bond acceptors (Lipinski definition) is 4. The molecule has 2 rings (SSSR count). The number of hydrogen-bond donors (Lipinski definition) is 2. The van der Waals surface area contributed by atoms with Crippen molar-refractivity contribution in [2.75, 3.05) is 18.5 Å². The summed E-state index contributed by atoms with van der Waals surface area (Å²) in [5.74, 6) is 0.336. The quantitative estimate of drug-likeness (QED) is 0.871. The van der Waals surface area contributed by atoms with Crippen molar-refractivity contribution in [3.63, 3.8) is 0 Å². The lowest BCUT2D eigenvalue weighted by molar-refractivity contribution is 0.581. The third-order valence-electron chi connectivity index (χ3n) is 2.44. The van der Waals surface area contributed by atoms with Crippen LogP contribution in [0, 0.1) is 0 Å². The van der Waals surface area contributed by atoms with Crippen LogP contribution in [0.15, 0.2) is 18.2 Å². The second-order valence-electron chi connectivity index (χ2n) is 3.92. The minimum atomic E-state index is -3.20. The number of nitrogens with two attached hydrogens (primary N) is 1. The molecule has 1 heterocycles. The summed E-state index contributed by atoms with van der Waals surface area (Å²) >= 11 is 5.86. The van der Waals surface area contributed by atoms with E-state index in [1.54, 1.807) is 16.7 Å². The maximum atomic E-state index is 11.0. The number of nitrogens with zero attached hydrogens (tertiary/aromatic N) is 2. The second-order valence-corrected chi connectivity index (χ2v) is 6.19. The van der Waals surface area contributed by atoms with Crippen LogP contribution in [0.5, 0.6) is 0 Å². The highest BCUT2D eigenvalue weighted by atomic mass is 35.5. The predicted octanol–water partition coefficient (Wildman–Crippen LogP) is 0.821. The van der Waals surface area contributed by atoms with E-state index in [4.69, 9.17) is 17.3 Å². The van der Waals surface area contributed by atoms with Crippen LogP contribution in [-0.4, -0.2) is 30.8 Å². The molecule has 0 aliphatic carbocycles. The Labute approximate surface area is 110 Å². The number of rotatable bonds is 4. The second kappa shape index (κ2) is 4.75. The first-order valence-corrected chi connectivity index (χ1v) is 7.49. The Bertz CT molecular complexity index is 680. The molecule has 0 bridgehead atoms. The molecule has 0 aliphatic rings. The predicted molar refractivity (Wildman–Crippen MR) is 72.0 cm³/mol. The third kappa shape index (κ3) is 2.92. The van der Waals surface area contributed by atoms with E-state index in [2.05, 4.69) is 9.71 Å². The number of sulfonamides is 1. The molecule has 0 aliphatic heterocycles. The van der Waals surface area contributed by atoms with Gasteiger partial charge < -0.3 is 10.3 Å². The Morgan fingerprint density at radius 2 is 2.22 bits per heavy atom. The molecule has 0 saturated carbocycles. The lowest BCUT2D eigenvalue weighted by Gasteiger charge is -2.06. The van der Waals surface area contributed by atoms with Gasteiger partial charge in [-0.25, -0.2) is 18.1 Å². The highest BCUT2D eigenvalue weighted by molar-refractivity contribution is 7.88. The number of imidazole rings is 1. The summed E-state index contributed by atoms with van der Waals surface area (Å²) in [4.78, 5) is 4.17. The molecule has 3 N–H and O–H groups in total. The van der Waals surface area contributed by atoms with Gasteiger partial charge in [-0.05, 0) is 18.2 Å². The van der Waals surface area contributed by atoms with Crippen LogP contribution in [0.1, 0.15) is 0 Å². The van der Waals surface area contributed by atoms with Gasteiger partial charge in [0.25, 0.3) is 0 Å². The highest BCUT2D eigenvalue weighted by Crippen LogP contribution is 2.21. The Morgan fingerprint density at radius 3 is 2.89 bits per heavy atom. The molecular formula is C10H13ClN4O2S. The van der Waals surface area contributed by atoms with Gasteiger partial charge in [0, 0.05) is 18.1 Å². The Kier molecular flexibility index (Phi) is 3.47. The zero-order valence-electron chi connectivity index (χ0n) is 9.72. The molecule has 2 aromatic rings. The van der Waals surface area contributed by atoms with E-state index in [9.17, 15) is 8.42 Å². The summed E-state index contributed by atoms with van der Waals surface area (Å²) in [6.07, 6.45) is 1.11. The molecule has 0 unspecified atom stereocenters. The van der Waals surface area contributed by atoms with E-state index in [0.29, 0.717) is 23.0 Å². The van der Waals surface area contributed by atoms with Crippen LogP contribution in [0.3, 0.4) is 0 Å². The monoisotopic (exact) mass is 288 g/mol. The largest absolute Gasteiger partial charge is 0.369 e. The van der Waals surface area contributed by atoms with Crippen LogP contribution in [-0.2, 0) is 16.6 Å². The summed E-state index contributed by atoms with van der Waals surface area (Å²) in [7, 11) is -3.20. The van der Waals surface area contributed by atoms with Crippen molar-refractivity contribution in [1.82, 2.24) is 14.3 Å². The van der Waals surface area contributed by atoms with Gasteiger partial charge >= 0.3 is 0 Å². The molecule has 1 aromatic heterocycles. The number of halogens is 1. The normalized spacial score (nSPS) is 12.1. The van der Waals surface area contributed by atoms with Gasteiger partial charge in [-0.1, -0.05) is 11.6 Å². The average Bonchev–Trinajstić information content (AvgIpc) is 2.52. The SMILES string of the molecule is CS(=O)(=O)NCCn1c(N)nc2cc(Cl)ccc21. The average molecular weight is 289 g/mol. The van der Waals surface area contributed by atoms with Crippen LogP contribution in [0.25, 0.3) is 11.0 Å². The van der Waals surface area contributed by atoms with Gasteiger partial charge in [-0.3, -0.25) is 0 Å². The molecule has 6 nitrogen and oxygen atoms in total. The van der Waals surface area contributed by atoms with Crippen molar-refractivity contribution in [1.29, 1.82) is 0 Å². The van der Waals surface area contributed by atoms with Crippen LogP contribution >= 0.6 is 11.6 Å². The molecule has 0 fully saturated rings. The Balaban J connectivity index is 2.25. The standard InChI is InChI=1S/C10H13ClN4O2S/c1-18(16,17)13-4-5-15-9-3-2-7(11)6-8(9)14-10(15)12/h2-3,6,13H,4-5H2,1H3,(H2,12,14). The smallest absolute Gasteiger partial charge is 0.208 e. The summed E-state index contributed by atoms with van der Waals surface area (Å²) < 4.78 is 26.1. The van der Waals surface area contributed by atoms with Gasteiger partial charge in [-0.15, -0.1) is 0 Å². The molecule has 0 atom stereocenters. The van der Waals surface area contributed by atoms with Crippen molar-refractivity contribution >= 4 is 38.6 Å². The molecule has 0 saturated heterocycles. The van der Waals surface area contributed by atoms with Crippen molar-refractivity contribution in [2.45, 2.75) is 6.54 Å². The molecule has 0 spiro atoms. The minimum Gasteiger partial charge on any atom is -0.369 e. The zero-order valence-corrected chi connectivity index (χ0v) is 11.3. The molecule has 8 heteroatoms. The third-order valence-corrected chi connectivity index (χ3v) is 3.40. The Hall–Kier alpha value is -1.31. The zero-order chi connectivity index (χ0) is 13.3. The van der Waals surface area contributed by atoms with Gasteiger partial charge in [0.05, 0.1) is 17.3 Å². The number of nitrogens with one attached hydrogen (secondary N) is 1. The molecule has 1 aromatic carbocycles. The lowest BCUT2D eigenvalue weighted by atomic mass is 10.3. The number of nitrogen functional groups attached to an aromatic ring is 1. The van der Waals surface area contributed by atoms with Crippen molar-refractivity contribution in [3.8, 4) is 0 Å². The summed E-state index contributed by atoms with van der Waals surface area (Å²) in [6.45, 7) is 0.675. The first kappa shape index (κ1) is 13.1. The first-order chi connectivity index (χ1) is 8.37. The number of aromatic nitrogens is 2. The fourth-order valence-electron chi connectivity index (χ4n) is 1.70. The molecule has 18 heavy (non-hydrogen) atoms. The van der Waals surface area contributed by atoms with Crippen molar-refractivity contribution in [2.24, 2.45) is 0 Å². The van der Waals surface area contributed by atoms with E-state index in [1.807, 2.05) is 6.07 Å². The maximum Gasteiger partial charge on any atom is 0.208 e. The fourth-order valence-corrected chi connectivity index (χ4v) is 2.33. The molecule has 0 radical (unpaired) electrons. The van der Waals surface area contributed by atoms with Gasteiger partial charge in [0.15, 0.2) is 0 Å². The highest BCUT2D eigenvalue weighted by Gasteiger charge is 2.09. The summed E-state index contributed by atoms with van der Waals surface area (Å²) in [5.41, 5.74) is 7.30. The van der Waals surface area contributed by atoms with Crippen LogP contribution in [0.2, 0.25) is 5.02 Å². The summed E-state index contributed by atoms with van der Waals surface area (Å²) in [6, 6.07) is 5.26. The molecular weight excluding hydrogens is 276 g/mol. The van der Waals surface area contributed by atoms with E-state index in [1.165, 1.54) is 0 Å². The van der Waals surface area contributed by atoms with Crippen LogP contribution < -0.4 is 10.5 Å². The number of anilines is 1. The van der Waals surface area contributed by atoms with Gasteiger partial charge in [-0.2, -0.15) is 0 Å². The van der Waals surface area contributed by atoms with Crippen molar-refractivity contribution in [3.05, 3.63) is 23.2 Å². The number of fused-ring (bicyclic) bond motifs is 1. The number of benzene rings is 1. The maximum absolute atomic E-state index is 11.0. The van der Waals surface area contributed by atoms with Gasteiger partial charge in [0.2, 0.25) is 16.0 Å². The lowest BCUT2D eigenvalue weighted by Crippen LogP contribution is -2.26. The van der Waals surface area contributed by atoms with E-state index >= 15 is 0 Å². The van der Waals surface area contributed by atoms with E-state index in [-0.39, 0.29) is 6.54 Å². The van der Waals surface area contributed by atoms with Gasteiger partial charge in [0.1, 0.15) is 0 Å². The summed E-state index contributed by atoms with van der Waals surface area (Å²) in [5, 5.41) is 0.585. The van der Waals surface area contributed by atoms with Crippen molar-refractivity contribution < 1.29 is 8.42 Å².